The fourth-order valence-corrected chi connectivity index (χ4v) is 0.156. The molecule has 0 atom stereocenters. The Balaban J connectivity index is 3.16. The standard InChI is InChI=1S/C4H5O4/c1-4(7-2-5)8-3-6/h2-4H,1H2. The third-order valence-electron chi connectivity index (χ3n) is 0.415. The lowest BCUT2D eigenvalue weighted by Crippen LogP contribution is -2.10. The molecule has 0 bridgehead atoms. The van der Waals surface area contributed by atoms with E-state index >= 15 is 0 Å². The Morgan fingerprint density at radius 1 is 1.25 bits per heavy atom. The van der Waals surface area contributed by atoms with Crippen molar-refractivity contribution in [3.05, 3.63) is 6.92 Å². The number of ether oxygens (including phenoxy) is 2. The van der Waals surface area contributed by atoms with Crippen LogP contribution in [0.4, 0.5) is 0 Å². The van der Waals surface area contributed by atoms with Crippen molar-refractivity contribution < 1.29 is 19.1 Å². The molecular weight excluding hydrogens is 112 g/mol. The van der Waals surface area contributed by atoms with E-state index in [0.29, 0.717) is 0 Å². The molecule has 0 N–H and O–H groups in total. The van der Waals surface area contributed by atoms with E-state index in [0.717, 1.165) is 0 Å². The Morgan fingerprint density at radius 3 is 1.88 bits per heavy atom. The minimum Gasteiger partial charge on any atom is -0.427 e. The predicted octanol–water partition coefficient (Wildman–Crippen LogP) is -0.507. The van der Waals surface area contributed by atoms with Crippen LogP contribution in [-0.2, 0) is 19.1 Å². The summed E-state index contributed by atoms with van der Waals surface area (Å²) in [6.07, 6.45) is -1.02. The van der Waals surface area contributed by atoms with Crippen LogP contribution < -0.4 is 0 Å². The first-order valence-electron chi connectivity index (χ1n) is 1.82. The van der Waals surface area contributed by atoms with Crippen molar-refractivity contribution in [3.8, 4) is 0 Å². The number of hydrogen-bond acceptors (Lipinski definition) is 4. The van der Waals surface area contributed by atoms with E-state index in [1.807, 2.05) is 0 Å². The second-order valence-electron chi connectivity index (χ2n) is 0.894. The first-order chi connectivity index (χ1) is 3.81. The van der Waals surface area contributed by atoms with Gasteiger partial charge in [-0.1, -0.05) is 0 Å². The monoisotopic (exact) mass is 117 g/mol. The second kappa shape index (κ2) is 4.11. The smallest absolute Gasteiger partial charge is 0.296 e. The zero-order valence-corrected chi connectivity index (χ0v) is 4.07. The van der Waals surface area contributed by atoms with Crippen LogP contribution >= 0.6 is 0 Å². The molecule has 0 amide bonds. The minimum atomic E-state index is -1.02. The molecule has 0 aromatic carbocycles. The first-order valence-corrected chi connectivity index (χ1v) is 1.82. The molecule has 1 radical (unpaired) electrons. The van der Waals surface area contributed by atoms with Crippen LogP contribution in [0.5, 0.6) is 0 Å². The molecule has 0 unspecified atom stereocenters. The summed E-state index contributed by atoms with van der Waals surface area (Å²) in [5.41, 5.74) is 0. The van der Waals surface area contributed by atoms with Crippen LogP contribution in [0.2, 0.25) is 0 Å². The summed E-state index contributed by atoms with van der Waals surface area (Å²) in [7, 11) is 0. The molecule has 0 aromatic heterocycles. The van der Waals surface area contributed by atoms with E-state index in [-0.39, 0.29) is 12.9 Å². The summed E-state index contributed by atoms with van der Waals surface area (Å²) in [6.45, 7) is 3.42. The molecule has 0 aliphatic heterocycles. The number of carbonyl (C=O) groups is 2. The van der Waals surface area contributed by atoms with Crippen molar-refractivity contribution in [2.24, 2.45) is 0 Å². The van der Waals surface area contributed by atoms with E-state index in [1.165, 1.54) is 0 Å². The summed E-state index contributed by atoms with van der Waals surface area (Å²) in [6, 6.07) is 0. The molecule has 0 spiro atoms. The van der Waals surface area contributed by atoms with E-state index in [2.05, 4.69) is 16.4 Å². The highest BCUT2D eigenvalue weighted by atomic mass is 16.7. The van der Waals surface area contributed by atoms with Gasteiger partial charge in [-0.25, -0.2) is 0 Å². The SMILES string of the molecule is [CH2]C(OC=O)OC=O. The predicted molar refractivity (Wildman–Crippen MR) is 23.4 cm³/mol. The van der Waals surface area contributed by atoms with Crippen LogP contribution in [0.3, 0.4) is 0 Å². The van der Waals surface area contributed by atoms with Gasteiger partial charge in [-0.2, -0.15) is 0 Å². The molecule has 0 saturated heterocycles. The lowest BCUT2D eigenvalue weighted by molar-refractivity contribution is -0.161. The molecule has 4 heteroatoms. The molecule has 0 aliphatic carbocycles. The summed E-state index contributed by atoms with van der Waals surface area (Å²) in [4.78, 5) is 18.9. The maximum absolute atomic E-state index is 9.43. The van der Waals surface area contributed by atoms with Crippen molar-refractivity contribution >= 4 is 12.9 Å². The van der Waals surface area contributed by atoms with Gasteiger partial charge >= 0.3 is 0 Å². The van der Waals surface area contributed by atoms with Gasteiger partial charge in [-0.15, -0.1) is 0 Å². The van der Waals surface area contributed by atoms with E-state index in [9.17, 15) is 9.59 Å². The Bertz CT molecular complexity index is 70.1. The lowest BCUT2D eigenvalue weighted by Gasteiger charge is -2.03. The van der Waals surface area contributed by atoms with Gasteiger partial charge in [0.1, 0.15) is 0 Å². The third-order valence-corrected chi connectivity index (χ3v) is 0.415. The molecule has 45 valence electrons. The van der Waals surface area contributed by atoms with Crippen molar-refractivity contribution in [2.75, 3.05) is 0 Å². The highest BCUT2D eigenvalue weighted by Gasteiger charge is 1.96. The van der Waals surface area contributed by atoms with Gasteiger partial charge in [0.15, 0.2) is 0 Å². The lowest BCUT2D eigenvalue weighted by atomic mass is 10.8. The minimum absolute atomic E-state index is 0.154. The van der Waals surface area contributed by atoms with Crippen molar-refractivity contribution in [1.29, 1.82) is 0 Å². The van der Waals surface area contributed by atoms with Gasteiger partial charge in [0.25, 0.3) is 12.9 Å². The van der Waals surface area contributed by atoms with Crippen LogP contribution in [0, 0.1) is 6.92 Å². The maximum Gasteiger partial charge on any atom is 0.296 e. The Kier molecular flexibility index (Phi) is 3.56. The van der Waals surface area contributed by atoms with Crippen molar-refractivity contribution in [2.45, 2.75) is 6.29 Å². The van der Waals surface area contributed by atoms with E-state index in [4.69, 9.17) is 0 Å². The summed E-state index contributed by atoms with van der Waals surface area (Å²) in [5, 5.41) is 0. The Hall–Kier alpha value is -1.06. The molecular formula is C4H5O4. The fraction of sp³-hybridized carbons (Fsp3) is 0.250. The number of carbonyl (C=O) groups excluding carboxylic acids is 2. The Labute approximate surface area is 46.4 Å². The van der Waals surface area contributed by atoms with Gasteiger partial charge in [0, 0.05) is 6.92 Å². The van der Waals surface area contributed by atoms with E-state index in [1.54, 1.807) is 0 Å². The van der Waals surface area contributed by atoms with E-state index < -0.39 is 6.29 Å². The maximum atomic E-state index is 9.43. The van der Waals surface area contributed by atoms with Gasteiger partial charge in [-0.3, -0.25) is 9.59 Å². The van der Waals surface area contributed by atoms with Gasteiger partial charge in [0.05, 0.1) is 0 Å². The molecule has 0 rings (SSSR count). The molecule has 0 fully saturated rings. The fourth-order valence-electron chi connectivity index (χ4n) is 0.156. The van der Waals surface area contributed by atoms with Crippen LogP contribution in [-0.4, -0.2) is 19.2 Å². The van der Waals surface area contributed by atoms with Crippen molar-refractivity contribution in [3.63, 3.8) is 0 Å². The van der Waals surface area contributed by atoms with Crippen LogP contribution in [0.1, 0.15) is 0 Å². The summed E-state index contributed by atoms with van der Waals surface area (Å²) < 4.78 is 8.07. The molecule has 0 aliphatic rings. The quantitative estimate of drug-likeness (QED) is 0.367. The molecule has 0 saturated carbocycles. The van der Waals surface area contributed by atoms with Crippen molar-refractivity contribution in [1.82, 2.24) is 0 Å². The zero-order valence-electron chi connectivity index (χ0n) is 4.07. The highest BCUT2D eigenvalue weighted by Crippen LogP contribution is 1.84. The molecule has 0 aromatic rings. The summed E-state index contributed by atoms with van der Waals surface area (Å²) >= 11 is 0. The van der Waals surface area contributed by atoms with Gasteiger partial charge in [0.2, 0.25) is 6.29 Å². The number of hydrogen-bond donors (Lipinski definition) is 0. The third kappa shape index (κ3) is 3.14. The molecule has 0 heterocycles. The van der Waals surface area contributed by atoms with Gasteiger partial charge < -0.3 is 9.47 Å². The normalized spacial score (nSPS) is 8.25. The topological polar surface area (TPSA) is 52.6 Å². The second-order valence-corrected chi connectivity index (χ2v) is 0.894. The average molecular weight is 117 g/mol. The highest BCUT2D eigenvalue weighted by molar-refractivity contribution is 5.40. The zero-order chi connectivity index (χ0) is 6.41. The van der Waals surface area contributed by atoms with Crippen LogP contribution in [0.25, 0.3) is 0 Å². The summed E-state index contributed by atoms with van der Waals surface area (Å²) in [5.74, 6) is 0. The number of rotatable bonds is 4. The average Bonchev–Trinajstić information content (AvgIpc) is 1.68. The molecule has 8 heavy (non-hydrogen) atoms. The van der Waals surface area contributed by atoms with Crippen LogP contribution in [0.15, 0.2) is 0 Å². The van der Waals surface area contributed by atoms with Gasteiger partial charge in [-0.05, 0) is 0 Å². The largest absolute Gasteiger partial charge is 0.427 e. The Morgan fingerprint density at radius 2 is 1.62 bits per heavy atom. The first kappa shape index (κ1) is 6.94. The molecule has 4 nitrogen and oxygen atoms in total.